The maximum Gasteiger partial charge on any atom is 0.101 e. The van der Waals surface area contributed by atoms with E-state index < -0.39 is 0 Å². The smallest absolute Gasteiger partial charge is 0.101 e. The van der Waals surface area contributed by atoms with Crippen LogP contribution in [0, 0.1) is 22.7 Å². The summed E-state index contributed by atoms with van der Waals surface area (Å²) in [6, 6.07) is 47.8. The Morgan fingerprint density at radius 1 is 0.654 bits per heavy atom. The van der Waals surface area contributed by atoms with Crippen molar-refractivity contribution in [2.45, 2.75) is 31.2 Å². The van der Waals surface area contributed by atoms with Crippen LogP contribution in [0.4, 0.5) is 11.4 Å². The molecular weight excluding hydrogens is 653 g/mol. The first-order valence-electron chi connectivity index (χ1n) is 17.7. The third kappa shape index (κ3) is 3.73. The van der Waals surface area contributed by atoms with E-state index in [0.29, 0.717) is 11.1 Å². The molecule has 0 N–H and O–H groups in total. The molecule has 0 spiro atoms. The minimum atomic E-state index is -0.193. The third-order valence-corrected chi connectivity index (χ3v) is 12.9. The maximum absolute atomic E-state index is 11.0. The Bertz CT molecular complexity index is 3060. The molecule has 2 atom stereocenters. The predicted molar refractivity (Wildman–Crippen MR) is 213 cm³/mol. The Kier molecular flexibility index (Phi) is 5.83. The van der Waals surface area contributed by atoms with Gasteiger partial charge in [-0.25, -0.2) is 0 Å². The molecule has 0 saturated heterocycles. The second-order valence-corrected chi connectivity index (χ2v) is 15.8. The van der Waals surface area contributed by atoms with Crippen molar-refractivity contribution in [3.05, 3.63) is 159 Å². The lowest BCUT2D eigenvalue weighted by atomic mass is 9.81. The van der Waals surface area contributed by atoms with Gasteiger partial charge >= 0.3 is 0 Å². The van der Waals surface area contributed by atoms with E-state index in [0.717, 1.165) is 38.9 Å². The van der Waals surface area contributed by atoms with Crippen LogP contribution in [0.5, 0.6) is 0 Å². The van der Waals surface area contributed by atoms with Crippen molar-refractivity contribution >= 4 is 66.8 Å². The number of benzene rings is 6. The van der Waals surface area contributed by atoms with E-state index in [-0.39, 0.29) is 17.4 Å². The van der Waals surface area contributed by atoms with Crippen molar-refractivity contribution in [2.75, 3.05) is 4.90 Å². The predicted octanol–water partition coefficient (Wildman–Crippen LogP) is 9.93. The van der Waals surface area contributed by atoms with Crippen molar-refractivity contribution in [3.8, 4) is 29.0 Å². The highest BCUT2D eigenvalue weighted by Crippen LogP contribution is 2.57. The Morgan fingerprint density at radius 2 is 1.35 bits per heavy atom. The van der Waals surface area contributed by atoms with Crippen LogP contribution >= 0.6 is 11.3 Å². The molecule has 3 heterocycles. The average molecular weight is 683 g/mol. The summed E-state index contributed by atoms with van der Waals surface area (Å²) in [6.45, 7) is 4.65. The average Bonchev–Trinajstić information content (AvgIpc) is 3.87. The van der Waals surface area contributed by atoms with Gasteiger partial charge in [0, 0.05) is 37.0 Å². The quantitative estimate of drug-likeness (QED) is 0.182. The van der Waals surface area contributed by atoms with Crippen molar-refractivity contribution in [1.82, 2.24) is 4.57 Å². The topological polar surface area (TPSA) is 55.8 Å². The molecule has 2 unspecified atom stereocenters. The molecule has 2 aromatic heterocycles. The molecule has 0 fully saturated rings. The second kappa shape index (κ2) is 10.3. The van der Waals surface area contributed by atoms with Gasteiger partial charge in [0.1, 0.15) is 6.07 Å². The zero-order chi connectivity index (χ0) is 34.9. The van der Waals surface area contributed by atoms with E-state index in [9.17, 15) is 10.5 Å². The van der Waals surface area contributed by atoms with Gasteiger partial charge in [-0.15, -0.1) is 11.3 Å². The van der Waals surface area contributed by atoms with Crippen LogP contribution < -0.4 is 14.7 Å². The number of thiophene rings is 1. The summed E-state index contributed by atoms with van der Waals surface area (Å²) in [5, 5.41) is 26.2. The molecule has 244 valence electrons. The third-order valence-electron chi connectivity index (χ3n) is 11.7. The molecule has 4 nitrogen and oxygen atoms in total. The van der Waals surface area contributed by atoms with E-state index in [1.807, 2.05) is 17.4 Å². The van der Waals surface area contributed by atoms with Gasteiger partial charge < -0.3 is 9.47 Å². The highest BCUT2D eigenvalue weighted by Gasteiger charge is 2.44. The first kappa shape index (κ1) is 29.3. The van der Waals surface area contributed by atoms with Gasteiger partial charge in [0.05, 0.1) is 45.6 Å². The van der Waals surface area contributed by atoms with Gasteiger partial charge in [0.25, 0.3) is 0 Å². The highest BCUT2D eigenvalue weighted by molar-refractivity contribution is 7.17. The van der Waals surface area contributed by atoms with Gasteiger partial charge in [-0.1, -0.05) is 98.8 Å². The standard InChI is InChI=1S/C47H30N4S/c1-47(2)37-15-7-3-11-29(37)33-21-34-35-22-36-32-14-6-10-18-44(32)52-45(36)24-42(35)51(41(34)23-38(33)47)46-28(26-49)19-27(25-48)20-43(46)50-39-16-8-4-12-30(39)31-13-5-9-17-40(31)50/h3-24,35,42H,1-2H3. The van der Waals surface area contributed by atoms with Gasteiger partial charge in [0.15, 0.2) is 0 Å². The summed E-state index contributed by atoms with van der Waals surface area (Å²) in [6.07, 6.45) is 4.91. The zero-order valence-corrected chi connectivity index (χ0v) is 29.4. The Labute approximate surface area is 304 Å². The van der Waals surface area contributed by atoms with Crippen LogP contribution in [0.25, 0.3) is 60.9 Å². The SMILES string of the molecule is CC1(C)c2ccccc2-c2cc3c(cc21)N(c1c(C#N)cc(C#N)cc1-n1c2ccccc2c2ccccc21)C1C=c2sc4ccccc4c2=CC31. The normalized spacial score (nSPS) is 17.4. The molecule has 0 amide bonds. The summed E-state index contributed by atoms with van der Waals surface area (Å²) in [5.74, 6) is 0.0508. The zero-order valence-electron chi connectivity index (χ0n) is 28.6. The number of anilines is 2. The lowest BCUT2D eigenvalue weighted by Crippen LogP contribution is -2.37. The Morgan fingerprint density at radius 3 is 2.10 bits per heavy atom. The second-order valence-electron chi connectivity index (χ2n) is 14.7. The van der Waals surface area contributed by atoms with Gasteiger partial charge in [0.2, 0.25) is 0 Å². The van der Waals surface area contributed by atoms with E-state index in [2.05, 4.69) is 157 Å². The maximum atomic E-state index is 11.0. The number of aromatic nitrogens is 1. The first-order chi connectivity index (χ1) is 25.5. The van der Waals surface area contributed by atoms with E-state index >= 15 is 0 Å². The van der Waals surface area contributed by atoms with Crippen molar-refractivity contribution in [2.24, 2.45) is 0 Å². The molecule has 1 aliphatic heterocycles. The Hall–Kier alpha value is -6.40. The number of fused-ring (bicyclic) bond motifs is 12. The molecule has 0 bridgehead atoms. The van der Waals surface area contributed by atoms with E-state index in [1.165, 1.54) is 47.7 Å². The number of hydrogen-bond donors (Lipinski definition) is 0. The highest BCUT2D eigenvalue weighted by atomic mass is 32.1. The van der Waals surface area contributed by atoms with Crippen LogP contribution in [-0.2, 0) is 5.41 Å². The van der Waals surface area contributed by atoms with Crippen molar-refractivity contribution in [1.29, 1.82) is 10.5 Å². The molecule has 8 aromatic rings. The number of rotatable bonds is 2. The van der Waals surface area contributed by atoms with Crippen LogP contribution in [0.2, 0.25) is 0 Å². The summed E-state index contributed by atoms with van der Waals surface area (Å²) in [5.41, 5.74) is 12.1. The Balaban J connectivity index is 1.27. The van der Waals surface area contributed by atoms with Gasteiger partial charge in [-0.2, -0.15) is 10.5 Å². The summed E-state index contributed by atoms with van der Waals surface area (Å²) in [4.78, 5) is 2.43. The number of nitrogens with zero attached hydrogens (tertiary/aromatic N) is 4. The summed E-state index contributed by atoms with van der Waals surface area (Å²) >= 11 is 1.83. The monoisotopic (exact) mass is 682 g/mol. The minimum absolute atomic E-state index is 0.0508. The van der Waals surface area contributed by atoms with Crippen molar-refractivity contribution in [3.63, 3.8) is 0 Å². The molecular formula is C47H30N4S. The summed E-state index contributed by atoms with van der Waals surface area (Å²) in [7, 11) is 0. The van der Waals surface area contributed by atoms with Crippen LogP contribution in [0.1, 0.15) is 47.6 Å². The van der Waals surface area contributed by atoms with Crippen molar-refractivity contribution < 1.29 is 0 Å². The summed E-state index contributed by atoms with van der Waals surface area (Å²) < 4.78 is 4.79. The van der Waals surface area contributed by atoms with E-state index in [1.54, 1.807) is 6.07 Å². The number of nitriles is 2. The minimum Gasteiger partial charge on any atom is -0.330 e. The fourth-order valence-corrected chi connectivity index (χ4v) is 10.6. The van der Waals surface area contributed by atoms with Crippen LogP contribution in [0.3, 0.4) is 0 Å². The molecule has 5 heteroatoms. The molecule has 52 heavy (non-hydrogen) atoms. The number of para-hydroxylation sites is 2. The molecule has 0 radical (unpaired) electrons. The fourth-order valence-electron chi connectivity index (χ4n) is 9.46. The van der Waals surface area contributed by atoms with Crippen LogP contribution in [0.15, 0.2) is 121 Å². The fraction of sp³-hybridized carbons (Fsp3) is 0.106. The van der Waals surface area contributed by atoms with Gasteiger partial charge in [-0.05, 0) is 87.0 Å². The van der Waals surface area contributed by atoms with Crippen LogP contribution in [-0.4, -0.2) is 10.6 Å². The molecule has 3 aliphatic rings. The molecule has 11 rings (SSSR count). The molecule has 6 aromatic carbocycles. The molecule has 0 saturated carbocycles. The van der Waals surface area contributed by atoms with Gasteiger partial charge in [-0.3, -0.25) is 0 Å². The molecule has 2 aliphatic carbocycles. The largest absolute Gasteiger partial charge is 0.330 e. The first-order valence-corrected chi connectivity index (χ1v) is 18.5. The lowest BCUT2D eigenvalue weighted by Gasteiger charge is -2.32. The number of hydrogen-bond acceptors (Lipinski definition) is 4. The van der Waals surface area contributed by atoms with E-state index in [4.69, 9.17) is 0 Å². The lowest BCUT2D eigenvalue weighted by molar-refractivity contribution is 0.660.